The van der Waals surface area contributed by atoms with Gasteiger partial charge in [0.2, 0.25) is 0 Å². The molecule has 0 spiro atoms. The van der Waals surface area contributed by atoms with E-state index in [4.69, 9.17) is 4.74 Å². The van der Waals surface area contributed by atoms with Crippen LogP contribution in [0.4, 0.5) is 0 Å². The average Bonchev–Trinajstić information content (AvgIpc) is 2.44. The first-order valence-electron chi connectivity index (χ1n) is 4.75. The van der Waals surface area contributed by atoms with Crippen molar-refractivity contribution in [1.29, 1.82) is 0 Å². The molecule has 0 N–H and O–H groups in total. The van der Waals surface area contributed by atoms with Crippen LogP contribution in [-0.2, 0) is 16.6 Å². The quantitative estimate of drug-likeness (QED) is 0.477. The largest absolute Gasteiger partial charge is 0.450 e. The van der Waals surface area contributed by atoms with E-state index >= 15 is 0 Å². The first-order chi connectivity index (χ1) is 6.88. The van der Waals surface area contributed by atoms with E-state index in [1.54, 1.807) is 0 Å². The summed E-state index contributed by atoms with van der Waals surface area (Å²) in [4.78, 5) is 11.3. The fraction of sp³-hybridized carbons (Fsp3) is 0.417. The minimum atomic E-state index is -0.497. The second kappa shape index (κ2) is 4.22. The molecule has 0 bridgehead atoms. The Hall–Kier alpha value is -1.69. The molecule has 0 aromatic carbocycles. The number of nitrogens with zero attached hydrogens (tertiary/aromatic N) is 1. The predicted octanol–water partition coefficient (Wildman–Crippen LogP) is 1.72. The molecule has 1 heterocycles. The summed E-state index contributed by atoms with van der Waals surface area (Å²) in [6.45, 7) is 5.44. The van der Waals surface area contributed by atoms with Gasteiger partial charge in [0.15, 0.2) is 0 Å². The molecule has 15 heavy (non-hydrogen) atoms. The monoisotopic (exact) mass is 205 g/mol. The summed E-state index contributed by atoms with van der Waals surface area (Å²) in [5, 5.41) is 0. The van der Waals surface area contributed by atoms with E-state index in [0.29, 0.717) is 0 Å². The lowest BCUT2D eigenvalue weighted by molar-refractivity contribution is -0.147. The van der Waals surface area contributed by atoms with Crippen LogP contribution in [0, 0.1) is 11.8 Å². The standard InChI is InChI=1S/C12H15NO2/c1-12(2,3)15-11(14)8-7-10-6-5-9-13(10)4/h5-6,9H,1-4H3. The van der Waals surface area contributed by atoms with Crippen LogP contribution < -0.4 is 0 Å². The molecule has 0 amide bonds. The minimum Gasteiger partial charge on any atom is -0.450 e. The van der Waals surface area contributed by atoms with Gasteiger partial charge in [0.25, 0.3) is 0 Å². The van der Waals surface area contributed by atoms with Crippen LogP contribution in [0.1, 0.15) is 26.5 Å². The normalized spacial score (nSPS) is 10.4. The summed E-state index contributed by atoms with van der Waals surface area (Å²) in [6.07, 6.45) is 1.87. The fourth-order valence-corrected chi connectivity index (χ4v) is 1.01. The number of esters is 1. The van der Waals surface area contributed by atoms with E-state index in [1.807, 2.05) is 50.7 Å². The summed E-state index contributed by atoms with van der Waals surface area (Å²) in [5.41, 5.74) is 0.306. The van der Waals surface area contributed by atoms with Crippen LogP contribution in [-0.4, -0.2) is 16.1 Å². The Morgan fingerprint density at radius 3 is 2.60 bits per heavy atom. The molecule has 0 unspecified atom stereocenters. The smallest absolute Gasteiger partial charge is 0.385 e. The zero-order valence-electron chi connectivity index (χ0n) is 9.50. The summed E-state index contributed by atoms with van der Waals surface area (Å²) in [5.74, 6) is 4.71. The van der Waals surface area contributed by atoms with Crippen molar-refractivity contribution in [3.8, 4) is 11.8 Å². The highest BCUT2D eigenvalue weighted by Crippen LogP contribution is 2.06. The molecule has 3 heteroatoms. The molecular weight excluding hydrogens is 190 g/mol. The Morgan fingerprint density at radius 2 is 2.13 bits per heavy atom. The topological polar surface area (TPSA) is 31.2 Å². The van der Waals surface area contributed by atoms with Gasteiger partial charge in [-0.05, 0) is 38.8 Å². The molecule has 1 aromatic heterocycles. The molecule has 0 atom stereocenters. The highest BCUT2D eigenvalue weighted by molar-refractivity contribution is 5.89. The Morgan fingerprint density at radius 1 is 1.47 bits per heavy atom. The Kier molecular flexibility index (Phi) is 3.21. The molecule has 80 valence electrons. The maximum atomic E-state index is 11.3. The zero-order valence-corrected chi connectivity index (χ0v) is 9.50. The number of carbonyl (C=O) groups excluding carboxylic acids is 1. The predicted molar refractivity (Wildman–Crippen MR) is 58.1 cm³/mol. The molecule has 1 rings (SSSR count). The third kappa shape index (κ3) is 3.90. The van der Waals surface area contributed by atoms with Gasteiger partial charge in [-0.15, -0.1) is 0 Å². The van der Waals surface area contributed by atoms with Gasteiger partial charge >= 0.3 is 5.97 Å². The number of ether oxygens (including phenoxy) is 1. The van der Waals surface area contributed by atoms with E-state index in [9.17, 15) is 4.79 Å². The second-order valence-corrected chi connectivity index (χ2v) is 4.26. The number of rotatable bonds is 0. The van der Waals surface area contributed by atoms with E-state index in [1.165, 1.54) is 0 Å². The molecule has 3 nitrogen and oxygen atoms in total. The van der Waals surface area contributed by atoms with E-state index in [-0.39, 0.29) is 0 Å². The maximum absolute atomic E-state index is 11.3. The van der Waals surface area contributed by atoms with Gasteiger partial charge in [-0.25, -0.2) is 4.79 Å². The van der Waals surface area contributed by atoms with Gasteiger partial charge < -0.3 is 9.30 Å². The second-order valence-electron chi connectivity index (χ2n) is 4.26. The maximum Gasteiger partial charge on any atom is 0.385 e. The lowest BCUT2D eigenvalue weighted by atomic mass is 10.2. The first-order valence-corrected chi connectivity index (χ1v) is 4.75. The first kappa shape index (κ1) is 11.4. The van der Waals surface area contributed by atoms with Gasteiger partial charge in [0, 0.05) is 19.2 Å². The molecule has 0 aliphatic carbocycles. The van der Waals surface area contributed by atoms with Gasteiger partial charge in [0.1, 0.15) is 5.60 Å². The highest BCUT2D eigenvalue weighted by atomic mass is 16.6. The van der Waals surface area contributed by atoms with E-state index in [0.717, 1.165) is 5.69 Å². The molecule has 0 aliphatic rings. The molecule has 0 saturated carbocycles. The minimum absolute atomic E-state index is 0.486. The molecule has 0 fully saturated rings. The summed E-state index contributed by atoms with van der Waals surface area (Å²) in [6, 6.07) is 3.72. The van der Waals surface area contributed by atoms with E-state index in [2.05, 4.69) is 11.8 Å². The van der Waals surface area contributed by atoms with Gasteiger partial charge in [-0.3, -0.25) is 0 Å². The van der Waals surface area contributed by atoms with Gasteiger partial charge in [-0.1, -0.05) is 0 Å². The van der Waals surface area contributed by atoms with Crippen molar-refractivity contribution in [2.24, 2.45) is 7.05 Å². The van der Waals surface area contributed by atoms with Crippen molar-refractivity contribution >= 4 is 5.97 Å². The zero-order chi connectivity index (χ0) is 11.5. The van der Waals surface area contributed by atoms with Crippen molar-refractivity contribution in [1.82, 2.24) is 4.57 Å². The van der Waals surface area contributed by atoms with Crippen LogP contribution in [0.25, 0.3) is 0 Å². The van der Waals surface area contributed by atoms with Gasteiger partial charge in [-0.2, -0.15) is 0 Å². The molecule has 0 saturated heterocycles. The van der Waals surface area contributed by atoms with Gasteiger partial charge in [0.05, 0.1) is 5.69 Å². The fourth-order valence-electron chi connectivity index (χ4n) is 1.01. The summed E-state index contributed by atoms with van der Waals surface area (Å²) in [7, 11) is 1.87. The average molecular weight is 205 g/mol. The van der Waals surface area contributed by atoms with E-state index < -0.39 is 11.6 Å². The third-order valence-electron chi connectivity index (χ3n) is 1.64. The summed E-state index contributed by atoms with van der Waals surface area (Å²) >= 11 is 0. The van der Waals surface area contributed by atoms with Crippen LogP contribution in [0.2, 0.25) is 0 Å². The Bertz CT molecular complexity index is 413. The Balaban J connectivity index is 2.67. The molecule has 0 aliphatic heterocycles. The third-order valence-corrected chi connectivity index (χ3v) is 1.64. The SMILES string of the molecule is Cn1cccc1C#CC(=O)OC(C)(C)C. The molecule has 0 radical (unpaired) electrons. The number of hydrogen-bond donors (Lipinski definition) is 0. The van der Waals surface area contributed by atoms with Crippen molar-refractivity contribution in [2.75, 3.05) is 0 Å². The van der Waals surface area contributed by atoms with Crippen LogP contribution in [0.5, 0.6) is 0 Å². The van der Waals surface area contributed by atoms with Crippen LogP contribution in [0.15, 0.2) is 18.3 Å². The van der Waals surface area contributed by atoms with Crippen molar-refractivity contribution < 1.29 is 9.53 Å². The number of carbonyl (C=O) groups is 1. The summed E-state index contributed by atoms with van der Waals surface area (Å²) < 4.78 is 6.90. The number of aromatic nitrogens is 1. The van der Waals surface area contributed by atoms with Crippen molar-refractivity contribution in [2.45, 2.75) is 26.4 Å². The molecular formula is C12H15NO2. The van der Waals surface area contributed by atoms with Crippen molar-refractivity contribution in [3.63, 3.8) is 0 Å². The lowest BCUT2D eigenvalue weighted by Crippen LogP contribution is -2.22. The Labute approximate surface area is 90.0 Å². The van der Waals surface area contributed by atoms with Crippen LogP contribution >= 0.6 is 0 Å². The van der Waals surface area contributed by atoms with Crippen molar-refractivity contribution in [3.05, 3.63) is 24.0 Å². The molecule has 1 aromatic rings. The van der Waals surface area contributed by atoms with Crippen LogP contribution in [0.3, 0.4) is 0 Å². The number of aryl methyl sites for hydroxylation is 1. The lowest BCUT2D eigenvalue weighted by Gasteiger charge is -2.16. The number of hydrogen-bond acceptors (Lipinski definition) is 2. The highest BCUT2D eigenvalue weighted by Gasteiger charge is 2.14.